The highest BCUT2D eigenvalue weighted by Crippen LogP contribution is 2.27. The molecule has 0 saturated carbocycles. The Bertz CT molecular complexity index is 942. The molecule has 2 aromatic rings. The van der Waals surface area contributed by atoms with Gasteiger partial charge in [0.05, 0.1) is 11.9 Å². The molecule has 7 heteroatoms. The molecule has 1 atom stereocenters. The van der Waals surface area contributed by atoms with E-state index in [4.69, 9.17) is 11.6 Å². The third kappa shape index (κ3) is 4.56. The van der Waals surface area contributed by atoms with Crippen molar-refractivity contribution in [1.82, 2.24) is 0 Å². The monoisotopic (exact) mass is 394 g/mol. The Kier molecular flexibility index (Phi) is 5.98. The van der Waals surface area contributed by atoms with Gasteiger partial charge in [-0.3, -0.25) is 9.10 Å². The quantitative estimate of drug-likeness (QED) is 0.831. The summed E-state index contributed by atoms with van der Waals surface area (Å²) in [7, 11) is -3.69. The highest BCUT2D eigenvalue weighted by Gasteiger charge is 2.29. The molecule has 140 valence electrons. The lowest BCUT2D eigenvalue weighted by Crippen LogP contribution is -2.45. The minimum atomic E-state index is -3.69. The maximum atomic E-state index is 12.7. The van der Waals surface area contributed by atoms with Crippen LogP contribution in [0.3, 0.4) is 0 Å². The zero-order valence-electron chi connectivity index (χ0n) is 15.5. The Morgan fingerprint density at radius 3 is 2.27 bits per heavy atom. The number of aryl methyl sites for hydroxylation is 3. The molecule has 0 aliphatic heterocycles. The molecule has 0 heterocycles. The predicted molar refractivity (Wildman–Crippen MR) is 108 cm³/mol. The Hall–Kier alpha value is -2.05. The largest absolute Gasteiger partial charge is 0.324 e. The molecule has 1 N–H and O–H groups in total. The lowest BCUT2D eigenvalue weighted by atomic mass is 10.1. The van der Waals surface area contributed by atoms with Gasteiger partial charge < -0.3 is 5.32 Å². The lowest BCUT2D eigenvalue weighted by Gasteiger charge is -2.28. The standard InChI is InChI=1S/C19H23ClN2O3S/c1-12-6-7-14(3)18(10-12)21-19(23)15(4)22(26(5,24)25)16-9-8-13(2)17(20)11-16/h6-11,15H,1-5H3,(H,21,23)/t15-/m0/s1. The molecular weight excluding hydrogens is 372 g/mol. The van der Waals surface area contributed by atoms with Crippen LogP contribution in [0, 0.1) is 20.8 Å². The number of sulfonamides is 1. The Balaban J connectivity index is 2.37. The van der Waals surface area contributed by atoms with E-state index in [0.717, 1.165) is 27.3 Å². The van der Waals surface area contributed by atoms with Crippen molar-refractivity contribution in [2.45, 2.75) is 33.7 Å². The summed E-state index contributed by atoms with van der Waals surface area (Å²) in [5.74, 6) is -0.416. The van der Waals surface area contributed by atoms with Gasteiger partial charge in [0.1, 0.15) is 6.04 Å². The maximum absolute atomic E-state index is 12.7. The van der Waals surface area contributed by atoms with Gasteiger partial charge in [-0.2, -0.15) is 0 Å². The molecule has 26 heavy (non-hydrogen) atoms. The SMILES string of the molecule is Cc1ccc(C)c(NC(=O)[C@H](C)N(c2ccc(C)c(Cl)c2)S(C)(=O)=O)c1. The van der Waals surface area contributed by atoms with E-state index in [9.17, 15) is 13.2 Å². The number of halogens is 1. The molecule has 2 aromatic carbocycles. The van der Waals surface area contributed by atoms with Gasteiger partial charge in [0.15, 0.2) is 0 Å². The van der Waals surface area contributed by atoms with Gasteiger partial charge in [-0.05, 0) is 62.6 Å². The molecule has 5 nitrogen and oxygen atoms in total. The fourth-order valence-corrected chi connectivity index (χ4v) is 3.98. The van der Waals surface area contributed by atoms with Crippen molar-refractivity contribution in [2.75, 3.05) is 15.9 Å². The van der Waals surface area contributed by atoms with Crippen LogP contribution in [0.15, 0.2) is 36.4 Å². The topological polar surface area (TPSA) is 66.5 Å². The van der Waals surface area contributed by atoms with E-state index in [1.165, 1.54) is 0 Å². The van der Waals surface area contributed by atoms with Gasteiger partial charge in [0.2, 0.25) is 15.9 Å². The molecule has 0 unspecified atom stereocenters. The number of carbonyl (C=O) groups excluding carboxylic acids is 1. The van der Waals surface area contributed by atoms with Crippen LogP contribution in [0.1, 0.15) is 23.6 Å². The first-order valence-electron chi connectivity index (χ1n) is 8.14. The van der Waals surface area contributed by atoms with E-state index in [1.54, 1.807) is 25.1 Å². The van der Waals surface area contributed by atoms with Crippen LogP contribution in [0.5, 0.6) is 0 Å². The summed E-state index contributed by atoms with van der Waals surface area (Å²) in [4.78, 5) is 12.7. The molecule has 0 aliphatic carbocycles. The number of anilines is 2. The number of rotatable bonds is 5. The normalized spacial score (nSPS) is 12.5. The number of nitrogens with zero attached hydrogens (tertiary/aromatic N) is 1. The number of amides is 1. The van der Waals surface area contributed by atoms with Crippen LogP contribution in [0.2, 0.25) is 5.02 Å². The minimum Gasteiger partial charge on any atom is -0.324 e. The molecule has 1 amide bonds. The molecule has 0 fully saturated rings. The number of hydrogen-bond acceptors (Lipinski definition) is 3. The third-order valence-electron chi connectivity index (χ3n) is 4.15. The van der Waals surface area contributed by atoms with Crippen LogP contribution < -0.4 is 9.62 Å². The van der Waals surface area contributed by atoms with Crippen LogP contribution in [0.25, 0.3) is 0 Å². The number of benzene rings is 2. The van der Waals surface area contributed by atoms with Crippen molar-refractivity contribution in [3.63, 3.8) is 0 Å². The molecular formula is C19H23ClN2O3S. The summed E-state index contributed by atoms with van der Waals surface area (Å²) >= 11 is 6.14. The fraction of sp³-hybridized carbons (Fsp3) is 0.316. The van der Waals surface area contributed by atoms with Crippen molar-refractivity contribution >= 4 is 38.9 Å². The molecule has 0 aromatic heterocycles. The molecule has 0 aliphatic rings. The molecule has 0 bridgehead atoms. The van der Waals surface area contributed by atoms with Gasteiger partial charge >= 0.3 is 0 Å². The number of carbonyl (C=O) groups is 1. The maximum Gasteiger partial charge on any atom is 0.248 e. The van der Waals surface area contributed by atoms with E-state index >= 15 is 0 Å². The van der Waals surface area contributed by atoms with Gasteiger partial charge in [0.25, 0.3) is 0 Å². The smallest absolute Gasteiger partial charge is 0.248 e. The third-order valence-corrected chi connectivity index (χ3v) is 5.80. The van der Waals surface area contributed by atoms with E-state index in [0.29, 0.717) is 16.4 Å². The molecule has 0 radical (unpaired) electrons. The van der Waals surface area contributed by atoms with Crippen LogP contribution >= 0.6 is 11.6 Å². The number of hydrogen-bond donors (Lipinski definition) is 1. The van der Waals surface area contributed by atoms with Crippen molar-refractivity contribution < 1.29 is 13.2 Å². The fourth-order valence-electron chi connectivity index (χ4n) is 2.64. The number of nitrogens with one attached hydrogen (secondary N) is 1. The first-order valence-corrected chi connectivity index (χ1v) is 10.4. The van der Waals surface area contributed by atoms with Crippen molar-refractivity contribution in [3.8, 4) is 0 Å². The second-order valence-corrected chi connectivity index (χ2v) is 8.74. The first kappa shape index (κ1) is 20.3. The van der Waals surface area contributed by atoms with Gasteiger partial charge in [-0.15, -0.1) is 0 Å². The van der Waals surface area contributed by atoms with Crippen molar-refractivity contribution in [2.24, 2.45) is 0 Å². The predicted octanol–water partition coefficient (Wildman–Crippen LogP) is 4.06. The average molecular weight is 395 g/mol. The molecule has 0 spiro atoms. The van der Waals surface area contributed by atoms with Gasteiger partial charge in [-0.25, -0.2) is 8.42 Å². The lowest BCUT2D eigenvalue weighted by molar-refractivity contribution is -0.116. The zero-order chi connectivity index (χ0) is 19.6. The van der Waals surface area contributed by atoms with Crippen LogP contribution in [-0.4, -0.2) is 26.6 Å². The summed E-state index contributed by atoms with van der Waals surface area (Å²) in [5.41, 5.74) is 3.75. The van der Waals surface area contributed by atoms with Gasteiger partial charge in [0, 0.05) is 10.7 Å². The summed E-state index contributed by atoms with van der Waals surface area (Å²) < 4.78 is 25.8. The highest BCUT2D eigenvalue weighted by atomic mass is 35.5. The van der Waals surface area contributed by atoms with Crippen LogP contribution in [-0.2, 0) is 14.8 Å². The van der Waals surface area contributed by atoms with E-state index in [2.05, 4.69) is 5.32 Å². The second kappa shape index (κ2) is 7.68. The van der Waals surface area contributed by atoms with Gasteiger partial charge in [-0.1, -0.05) is 29.8 Å². The molecule has 2 rings (SSSR count). The van der Waals surface area contributed by atoms with E-state index in [1.807, 2.05) is 39.0 Å². The van der Waals surface area contributed by atoms with E-state index in [-0.39, 0.29) is 0 Å². The van der Waals surface area contributed by atoms with Crippen molar-refractivity contribution in [1.29, 1.82) is 0 Å². The second-order valence-electron chi connectivity index (χ2n) is 6.48. The van der Waals surface area contributed by atoms with Crippen molar-refractivity contribution in [3.05, 3.63) is 58.1 Å². The summed E-state index contributed by atoms with van der Waals surface area (Å²) in [6, 6.07) is 9.70. The van der Waals surface area contributed by atoms with E-state index < -0.39 is 22.0 Å². The summed E-state index contributed by atoms with van der Waals surface area (Å²) in [5, 5.41) is 3.26. The Labute approximate surface area is 160 Å². The highest BCUT2D eigenvalue weighted by molar-refractivity contribution is 7.92. The summed E-state index contributed by atoms with van der Waals surface area (Å²) in [6.45, 7) is 7.19. The Morgan fingerprint density at radius 2 is 1.69 bits per heavy atom. The first-order chi connectivity index (χ1) is 12.0. The van der Waals surface area contributed by atoms with Crippen LogP contribution in [0.4, 0.5) is 11.4 Å². The Morgan fingerprint density at radius 1 is 1.08 bits per heavy atom. The zero-order valence-corrected chi connectivity index (χ0v) is 17.1. The summed E-state index contributed by atoms with van der Waals surface area (Å²) in [6.07, 6.45) is 1.07. The average Bonchev–Trinajstić information content (AvgIpc) is 2.53. The molecule has 0 saturated heterocycles. The minimum absolute atomic E-state index is 0.353.